The highest BCUT2D eigenvalue weighted by Crippen LogP contribution is 2.23. The lowest BCUT2D eigenvalue weighted by atomic mass is 10.2. The summed E-state index contributed by atoms with van der Waals surface area (Å²) < 4.78 is 1.37. The fourth-order valence-electron chi connectivity index (χ4n) is 1.80. The molecule has 0 aliphatic carbocycles. The van der Waals surface area contributed by atoms with E-state index < -0.39 is 0 Å². The molecule has 0 spiro atoms. The first-order valence-corrected chi connectivity index (χ1v) is 11.6. The van der Waals surface area contributed by atoms with Crippen molar-refractivity contribution in [2.45, 2.75) is 27.9 Å². The molecule has 0 aliphatic rings. The van der Waals surface area contributed by atoms with Crippen LogP contribution < -0.4 is 22.1 Å². The molecule has 0 saturated carbocycles. The Hall–Kier alpha value is -1.64. The van der Waals surface area contributed by atoms with E-state index in [1.54, 1.807) is 0 Å². The van der Waals surface area contributed by atoms with Crippen LogP contribution in [0.2, 0.25) is 0 Å². The van der Waals surface area contributed by atoms with Gasteiger partial charge in [-0.15, -0.1) is 20.4 Å². The van der Waals surface area contributed by atoms with Gasteiger partial charge in [0.1, 0.15) is 0 Å². The van der Waals surface area contributed by atoms with Crippen molar-refractivity contribution < 1.29 is 9.59 Å². The van der Waals surface area contributed by atoms with Gasteiger partial charge in [0, 0.05) is 13.1 Å². The summed E-state index contributed by atoms with van der Waals surface area (Å²) in [5.74, 6) is 0.499. The molecule has 0 fully saturated rings. The molecule has 10 nitrogen and oxygen atoms in total. The lowest BCUT2D eigenvalue weighted by Gasteiger charge is -2.06. The predicted octanol–water partition coefficient (Wildman–Crippen LogP) is 0.841. The molecule has 2 aromatic heterocycles. The second kappa shape index (κ2) is 11.9. The van der Waals surface area contributed by atoms with Gasteiger partial charge in [0.2, 0.25) is 22.1 Å². The van der Waals surface area contributed by atoms with Gasteiger partial charge in [-0.05, 0) is 19.3 Å². The van der Waals surface area contributed by atoms with Crippen molar-refractivity contribution in [1.82, 2.24) is 31.0 Å². The van der Waals surface area contributed by atoms with Gasteiger partial charge in [-0.2, -0.15) is 0 Å². The molecule has 6 N–H and O–H groups in total. The number of aromatic nitrogens is 4. The molecule has 148 valence electrons. The standard InChI is InChI=1S/C13H20N8O2S4/c14-10-18-20-12(26-10)24-6-8(22)16-4-2-1-3-5-17-9(23)7-25-13-21-19-11(15)27-13/h1-7H2,(H2,14,18)(H2,15,19)(H,16,22)(H,17,23). The van der Waals surface area contributed by atoms with Crippen molar-refractivity contribution in [3.05, 3.63) is 0 Å². The number of unbranched alkanes of at least 4 members (excludes halogenated alkanes) is 2. The molecular formula is C13H20N8O2S4. The Morgan fingerprint density at radius 2 is 1.22 bits per heavy atom. The Kier molecular flexibility index (Phi) is 9.58. The lowest BCUT2D eigenvalue weighted by Crippen LogP contribution is -2.27. The van der Waals surface area contributed by atoms with Crippen LogP contribution in [0.1, 0.15) is 19.3 Å². The predicted molar refractivity (Wildman–Crippen MR) is 110 cm³/mol. The molecule has 27 heavy (non-hydrogen) atoms. The zero-order chi connectivity index (χ0) is 19.5. The van der Waals surface area contributed by atoms with Crippen LogP contribution in [-0.2, 0) is 9.59 Å². The number of nitrogens with zero attached hydrogens (tertiary/aromatic N) is 4. The minimum absolute atomic E-state index is 0.0450. The van der Waals surface area contributed by atoms with E-state index >= 15 is 0 Å². The number of nitrogens with one attached hydrogen (secondary N) is 2. The van der Waals surface area contributed by atoms with Gasteiger partial charge >= 0.3 is 0 Å². The van der Waals surface area contributed by atoms with Crippen LogP contribution in [0.15, 0.2) is 8.68 Å². The fourth-order valence-corrected chi connectivity index (χ4v) is 4.73. The zero-order valence-corrected chi connectivity index (χ0v) is 17.6. The highest BCUT2D eigenvalue weighted by atomic mass is 32.2. The van der Waals surface area contributed by atoms with Crippen molar-refractivity contribution in [2.24, 2.45) is 0 Å². The quantitative estimate of drug-likeness (QED) is 0.270. The van der Waals surface area contributed by atoms with E-state index in [1.165, 1.54) is 46.2 Å². The second-order valence-electron chi connectivity index (χ2n) is 5.15. The van der Waals surface area contributed by atoms with Crippen LogP contribution in [0, 0.1) is 0 Å². The van der Waals surface area contributed by atoms with Crippen LogP contribution >= 0.6 is 46.2 Å². The van der Waals surface area contributed by atoms with Gasteiger partial charge in [0.15, 0.2) is 8.68 Å². The van der Waals surface area contributed by atoms with Gasteiger partial charge in [-0.25, -0.2) is 0 Å². The number of nitrogen functional groups attached to an aromatic ring is 2. The summed E-state index contributed by atoms with van der Waals surface area (Å²) in [5, 5.41) is 21.6. The topological polar surface area (TPSA) is 162 Å². The molecule has 0 aliphatic heterocycles. The van der Waals surface area contributed by atoms with Gasteiger partial charge in [0.05, 0.1) is 11.5 Å². The maximum atomic E-state index is 11.7. The summed E-state index contributed by atoms with van der Waals surface area (Å²) in [6.45, 7) is 1.22. The van der Waals surface area contributed by atoms with Gasteiger partial charge in [0.25, 0.3) is 0 Å². The average Bonchev–Trinajstić information content (AvgIpc) is 3.25. The van der Waals surface area contributed by atoms with Crippen molar-refractivity contribution in [3.63, 3.8) is 0 Å². The number of carbonyl (C=O) groups excluding carboxylic acids is 2. The molecule has 0 atom stereocenters. The number of nitrogens with two attached hydrogens (primary N) is 2. The van der Waals surface area contributed by atoms with Gasteiger partial charge in [-0.3, -0.25) is 9.59 Å². The van der Waals surface area contributed by atoms with Crippen molar-refractivity contribution in [3.8, 4) is 0 Å². The average molecular weight is 449 g/mol. The maximum absolute atomic E-state index is 11.7. The Morgan fingerprint density at radius 3 is 1.59 bits per heavy atom. The zero-order valence-electron chi connectivity index (χ0n) is 14.3. The second-order valence-corrected chi connectivity index (χ2v) is 9.61. The van der Waals surface area contributed by atoms with Crippen LogP contribution in [0.4, 0.5) is 10.3 Å². The first kappa shape index (κ1) is 21.7. The summed E-state index contributed by atoms with van der Waals surface area (Å²) in [5.41, 5.74) is 11.0. The molecule has 2 amide bonds. The number of anilines is 2. The molecule has 0 radical (unpaired) electrons. The Morgan fingerprint density at radius 1 is 0.778 bits per heavy atom. The van der Waals surface area contributed by atoms with E-state index in [2.05, 4.69) is 31.0 Å². The van der Waals surface area contributed by atoms with E-state index in [0.717, 1.165) is 19.3 Å². The highest BCUT2D eigenvalue weighted by molar-refractivity contribution is 8.01. The lowest BCUT2D eigenvalue weighted by molar-refractivity contribution is -0.119. The van der Waals surface area contributed by atoms with Crippen LogP contribution in [0.5, 0.6) is 0 Å². The molecule has 2 rings (SSSR count). The summed E-state index contributed by atoms with van der Waals surface area (Å²) in [7, 11) is 0. The van der Waals surface area contributed by atoms with E-state index in [4.69, 9.17) is 11.5 Å². The monoisotopic (exact) mass is 448 g/mol. The van der Waals surface area contributed by atoms with E-state index in [1.807, 2.05) is 0 Å². The minimum Gasteiger partial charge on any atom is -0.374 e. The molecule has 2 heterocycles. The molecule has 0 aromatic carbocycles. The number of thioether (sulfide) groups is 2. The third-order valence-corrected chi connectivity index (χ3v) is 6.77. The van der Waals surface area contributed by atoms with Gasteiger partial charge < -0.3 is 22.1 Å². The summed E-state index contributed by atoms with van der Waals surface area (Å²) in [6.07, 6.45) is 2.63. The molecule has 0 bridgehead atoms. The smallest absolute Gasteiger partial charge is 0.230 e. The largest absolute Gasteiger partial charge is 0.374 e. The Balaban J connectivity index is 1.41. The summed E-state index contributed by atoms with van der Waals surface area (Å²) in [4.78, 5) is 23.4. The van der Waals surface area contributed by atoms with Gasteiger partial charge in [-0.1, -0.05) is 46.2 Å². The molecule has 0 unspecified atom stereocenters. The van der Waals surface area contributed by atoms with Crippen molar-refractivity contribution >= 4 is 68.3 Å². The normalized spacial score (nSPS) is 10.7. The van der Waals surface area contributed by atoms with Crippen molar-refractivity contribution in [1.29, 1.82) is 0 Å². The summed E-state index contributed by atoms with van der Waals surface area (Å²) >= 11 is 5.16. The van der Waals surface area contributed by atoms with E-state index in [9.17, 15) is 9.59 Å². The molecule has 2 aromatic rings. The van der Waals surface area contributed by atoms with Crippen LogP contribution in [-0.4, -0.2) is 56.8 Å². The molecule has 14 heteroatoms. The first-order chi connectivity index (χ1) is 13.0. The number of amides is 2. The Bertz CT molecular complexity index is 677. The first-order valence-electron chi connectivity index (χ1n) is 8.00. The van der Waals surface area contributed by atoms with Crippen molar-refractivity contribution in [2.75, 3.05) is 36.1 Å². The Labute approximate surface area is 172 Å². The molecular weight excluding hydrogens is 428 g/mol. The fraction of sp³-hybridized carbons (Fsp3) is 0.538. The molecule has 0 saturated heterocycles. The number of rotatable bonds is 12. The third-order valence-electron chi connectivity index (χ3n) is 3.00. The number of hydrogen-bond acceptors (Lipinski definition) is 12. The van der Waals surface area contributed by atoms with E-state index in [0.29, 0.717) is 43.5 Å². The maximum Gasteiger partial charge on any atom is 0.230 e. The minimum atomic E-state index is -0.0450. The van der Waals surface area contributed by atoms with Crippen LogP contribution in [0.3, 0.4) is 0 Å². The number of hydrogen-bond donors (Lipinski definition) is 4. The number of carbonyl (C=O) groups is 2. The SMILES string of the molecule is Nc1nnc(SCC(=O)NCCCCCNC(=O)CSc2nnc(N)s2)s1. The summed E-state index contributed by atoms with van der Waals surface area (Å²) in [6, 6.07) is 0. The van der Waals surface area contributed by atoms with Crippen LogP contribution in [0.25, 0.3) is 0 Å². The third kappa shape index (κ3) is 9.21. The van der Waals surface area contributed by atoms with E-state index in [-0.39, 0.29) is 11.8 Å². The highest BCUT2D eigenvalue weighted by Gasteiger charge is 2.07.